The van der Waals surface area contributed by atoms with Gasteiger partial charge in [-0.2, -0.15) is 0 Å². The largest absolute Gasteiger partial charge is 0.445 e. The number of hydrogen-bond acceptors (Lipinski definition) is 4. The molecule has 1 heterocycles. The summed E-state index contributed by atoms with van der Waals surface area (Å²) < 4.78 is 10.7. The van der Waals surface area contributed by atoms with Crippen LogP contribution in [-0.4, -0.2) is 53.3 Å². The fourth-order valence-corrected chi connectivity index (χ4v) is 2.52. The first-order chi connectivity index (χ1) is 11.3. The van der Waals surface area contributed by atoms with Crippen LogP contribution in [0.4, 0.5) is 9.59 Å². The Morgan fingerprint density at radius 2 is 1.79 bits per heavy atom. The van der Waals surface area contributed by atoms with Gasteiger partial charge in [0, 0.05) is 19.6 Å². The second-order valence-electron chi connectivity index (χ2n) is 7.01. The van der Waals surface area contributed by atoms with Crippen molar-refractivity contribution in [3.63, 3.8) is 0 Å². The Morgan fingerprint density at radius 1 is 1.12 bits per heavy atom. The van der Waals surface area contributed by atoms with Gasteiger partial charge in [0.05, 0.1) is 6.04 Å². The van der Waals surface area contributed by atoms with Crippen molar-refractivity contribution < 1.29 is 19.1 Å². The third kappa shape index (κ3) is 5.15. The van der Waals surface area contributed by atoms with E-state index in [0.717, 1.165) is 5.56 Å². The topological polar surface area (TPSA) is 59.1 Å². The zero-order valence-electron chi connectivity index (χ0n) is 14.8. The summed E-state index contributed by atoms with van der Waals surface area (Å²) in [6.07, 6.45) is -0.693. The predicted octanol–water partition coefficient (Wildman–Crippen LogP) is 3.26. The Morgan fingerprint density at radius 3 is 2.38 bits per heavy atom. The Bertz CT molecular complexity index is 568. The van der Waals surface area contributed by atoms with Gasteiger partial charge >= 0.3 is 12.2 Å². The minimum absolute atomic E-state index is 0.116. The number of carbonyl (C=O) groups excluding carboxylic acids is 2. The van der Waals surface area contributed by atoms with Crippen LogP contribution in [0, 0.1) is 0 Å². The SMILES string of the molecule is CC1CN(C(=O)OC(C)(C)C)CCN1C(=O)OCc1ccccc1. The maximum atomic E-state index is 12.3. The molecular formula is C18H26N2O4. The van der Waals surface area contributed by atoms with E-state index in [1.165, 1.54) is 0 Å². The molecule has 2 rings (SSSR count). The van der Waals surface area contributed by atoms with Gasteiger partial charge < -0.3 is 19.3 Å². The molecule has 1 aliphatic heterocycles. The molecule has 1 unspecified atom stereocenters. The molecule has 0 aliphatic carbocycles. The van der Waals surface area contributed by atoms with Gasteiger partial charge in [-0.05, 0) is 33.3 Å². The van der Waals surface area contributed by atoms with E-state index in [1.54, 1.807) is 9.80 Å². The molecule has 0 radical (unpaired) electrons. The molecular weight excluding hydrogens is 308 g/mol. The van der Waals surface area contributed by atoms with Crippen LogP contribution in [0.1, 0.15) is 33.3 Å². The van der Waals surface area contributed by atoms with E-state index in [1.807, 2.05) is 58.0 Å². The maximum Gasteiger partial charge on any atom is 0.410 e. The number of piperazine rings is 1. The normalized spacial score (nSPS) is 18.2. The van der Waals surface area contributed by atoms with Crippen molar-refractivity contribution in [3.05, 3.63) is 35.9 Å². The molecule has 132 valence electrons. The lowest BCUT2D eigenvalue weighted by Crippen LogP contribution is -2.56. The van der Waals surface area contributed by atoms with Crippen LogP contribution in [0.2, 0.25) is 0 Å². The van der Waals surface area contributed by atoms with Gasteiger partial charge in [0.25, 0.3) is 0 Å². The van der Waals surface area contributed by atoms with Crippen LogP contribution in [0.3, 0.4) is 0 Å². The highest BCUT2D eigenvalue weighted by atomic mass is 16.6. The van der Waals surface area contributed by atoms with Crippen molar-refractivity contribution in [1.29, 1.82) is 0 Å². The number of benzene rings is 1. The number of carbonyl (C=O) groups is 2. The summed E-state index contributed by atoms with van der Waals surface area (Å²) in [6.45, 7) is 8.99. The van der Waals surface area contributed by atoms with Crippen LogP contribution < -0.4 is 0 Å². The standard InChI is InChI=1S/C18H26N2O4/c1-14-12-19(16(21)24-18(2,3)4)10-11-20(14)17(22)23-13-15-8-6-5-7-9-15/h5-9,14H,10-13H2,1-4H3. The van der Waals surface area contributed by atoms with Crippen LogP contribution in [0.5, 0.6) is 0 Å². The smallest absolute Gasteiger partial charge is 0.410 e. The molecule has 1 aromatic carbocycles. The fraction of sp³-hybridized carbons (Fsp3) is 0.556. The zero-order chi connectivity index (χ0) is 17.7. The lowest BCUT2D eigenvalue weighted by atomic mass is 10.2. The molecule has 1 saturated heterocycles. The molecule has 0 bridgehead atoms. The highest BCUT2D eigenvalue weighted by molar-refractivity contribution is 5.71. The van der Waals surface area contributed by atoms with E-state index >= 15 is 0 Å². The molecule has 6 heteroatoms. The second-order valence-corrected chi connectivity index (χ2v) is 7.01. The molecule has 24 heavy (non-hydrogen) atoms. The molecule has 1 aromatic rings. The lowest BCUT2D eigenvalue weighted by molar-refractivity contribution is 0.00329. The summed E-state index contributed by atoms with van der Waals surface area (Å²) in [5.41, 5.74) is 0.428. The number of ether oxygens (including phenoxy) is 2. The third-order valence-electron chi connectivity index (χ3n) is 3.72. The molecule has 1 fully saturated rings. The second kappa shape index (κ2) is 7.55. The first-order valence-corrected chi connectivity index (χ1v) is 8.21. The maximum absolute atomic E-state index is 12.3. The summed E-state index contributed by atoms with van der Waals surface area (Å²) in [5.74, 6) is 0. The Kier molecular flexibility index (Phi) is 5.70. The van der Waals surface area contributed by atoms with Gasteiger partial charge in [0.1, 0.15) is 12.2 Å². The monoisotopic (exact) mass is 334 g/mol. The number of amides is 2. The average molecular weight is 334 g/mol. The number of hydrogen-bond donors (Lipinski definition) is 0. The molecule has 1 aliphatic rings. The summed E-state index contributed by atoms with van der Waals surface area (Å²) >= 11 is 0. The first kappa shape index (κ1) is 18.1. The predicted molar refractivity (Wildman–Crippen MR) is 90.6 cm³/mol. The average Bonchev–Trinajstić information content (AvgIpc) is 2.52. The Hall–Kier alpha value is -2.24. The van der Waals surface area contributed by atoms with Crippen molar-refractivity contribution in [2.45, 2.75) is 45.9 Å². The fourth-order valence-electron chi connectivity index (χ4n) is 2.52. The van der Waals surface area contributed by atoms with Crippen LogP contribution in [-0.2, 0) is 16.1 Å². The van der Waals surface area contributed by atoms with E-state index in [2.05, 4.69) is 0 Å². The van der Waals surface area contributed by atoms with Crippen LogP contribution in [0.15, 0.2) is 30.3 Å². The van der Waals surface area contributed by atoms with Crippen molar-refractivity contribution in [2.75, 3.05) is 19.6 Å². The van der Waals surface area contributed by atoms with E-state index in [4.69, 9.17) is 9.47 Å². The number of nitrogens with zero attached hydrogens (tertiary/aromatic N) is 2. The number of rotatable bonds is 2. The molecule has 1 atom stereocenters. The molecule has 2 amide bonds. The van der Waals surface area contributed by atoms with Gasteiger partial charge in [-0.25, -0.2) is 9.59 Å². The van der Waals surface area contributed by atoms with Crippen molar-refractivity contribution in [3.8, 4) is 0 Å². The highest BCUT2D eigenvalue weighted by Crippen LogP contribution is 2.16. The molecule has 0 N–H and O–H groups in total. The first-order valence-electron chi connectivity index (χ1n) is 8.21. The summed E-state index contributed by atoms with van der Waals surface area (Å²) in [4.78, 5) is 27.7. The van der Waals surface area contributed by atoms with Gasteiger partial charge in [0.15, 0.2) is 0 Å². The van der Waals surface area contributed by atoms with Gasteiger partial charge in [-0.3, -0.25) is 0 Å². The minimum atomic E-state index is -0.522. The third-order valence-corrected chi connectivity index (χ3v) is 3.72. The molecule has 0 spiro atoms. The summed E-state index contributed by atoms with van der Waals surface area (Å²) in [7, 11) is 0. The van der Waals surface area contributed by atoms with Crippen molar-refractivity contribution in [2.24, 2.45) is 0 Å². The van der Waals surface area contributed by atoms with Crippen LogP contribution >= 0.6 is 0 Å². The van der Waals surface area contributed by atoms with Crippen molar-refractivity contribution >= 4 is 12.2 Å². The van der Waals surface area contributed by atoms with E-state index in [9.17, 15) is 9.59 Å². The van der Waals surface area contributed by atoms with E-state index < -0.39 is 5.60 Å². The van der Waals surface area contributed by atoms with Gasteiger partial charge in [0.2, 0.25) is 0 Å². The molecule has 0 saturated carbocycles. The zero-order valence-corrected chi connectivity index (χ0v) is 14.8. The molecule has 0 aromatic heterocycles. The van der Waals surface area contributed by atoms with E-state index in [-0.39, 0.29) is 24.8 Å². The molecule has 6 nitrogen and oxygen atoms in total. The van der Waals surface area contributed by atoms with Crippen molar-refractivity contribution in [1.82, 2.24) is 9.80 Å². The van der Waals surface area contributed by atoms with Gasteiger partial charge in [-0.15, -0.1) is 0 Å². The minimum Gasteiger partial charge on any atom is -0.445 e. The lowest BCUT2D eigenvalue weighted by Gasteiger charge is -2.39. The highest BCUT2D eigenvalue weighted by Gasteiger charge is 2.32. The van der Waals surface area contributed by atoms with E-state index in [0.29, 0.717) is 19.6 Å². The Balaban J connectivity index is 1.84. The quantitative estimate of drug-likeness (QED) is 0.833. The van der Waals surface area contributed by atoms with Gasteiger partial charge in [-0.1, -0.05) is 30.3 Å². The van der Waals surface area contributed by atoms with Crippen LogP contribution in [0.25, 0.3) is 0 Å². The Labute approximate surface area is 143 Å². The summed E-state index contributed by atoms with van der Waals surface area (Å²) in [6, 6.07) is 9.45. The summed E-state index contributed by atoms with van der Waals surface area (Å²) in [5, 5.41) is 0.